The molecule has 2 nitrogen and oxygen atoms in total. The summed E-state index contributed by atoms with van der Waals surface area (Å²) in [5, 5.41) is 12.2. The first-order valence-corrected chi connectivity index (χ1v) is 5.05. The maximum Gasteiger partial charge on any atom is 0.0984 e. The number of nitrogens with zero attached hydrogens (tertiary/aromatic N) is 1. The van der Waals surface area contributed by atoms with Gasteiger partial charge in [0.1, 0.15) is 0 Å². The molecule has 2 rings (SSSR count). The minimum atomic E-state index is 0.157. The zero-order valence-corrected chi connectivity index (χ0v) is 7.42. The highest BCUT2D eigenvalue weighted by molar-refractivity contribution is 5.00. The van der Waals surface area contributed by atoms with Crippen molar-refractivity contribution >= 4 is 0 Å². The van der Waals surface area contributed by atoms with Gasteiger partial charge in [-0.1, -0.05) is 19.3 Å². The maximum atomic E-state index is 8.92. The molecule has 0 aromatic rings. The predicted molar refractivity (Wildman–Crippen MR) is 47.5 cm³/mol. The van der Waals surface area contributed by atoms with E-state index in [1.165, 1.54) is 32.1 Å². The second-order valence-electron chi connectivity index (χ2n) is 4.06. The van der Waals surface area contributed by atoms with Gasteiger partial charge in [0.2, 0.25) is 0 Å². The van der Waals surface area contributed by atoms with Gasteiger partial charge in [0, 0.05) is 0 Å². The molecule has 0 bridgehead atoms. The Bertz CT molecular complexity index is 193. The van der Waals surface area contributed by atoms with Crippen molar-refractivity contribution in [1.29, 1.82) is 5.26 Å². The molecular weight excluding hydrogens is 148 g/mol. The van der Waals surface area contributed by atoms with Gasteiger partial charge in [0.15, 0.2) is 0 Å². The van der Waals surface area contributed by atoms with E-state index in [4.69, 9.17) is 5.26 Å². The monoisotopic (exact) mass is 164 g/mol. The Morgan fingerprint density at radius 1 is 1.17 bits per heavy atom. The third-order valence-electron chi connectivity index (χ3n) is 3.41. The van der Waals surface area contributed by atoms with Crippen molar-refractivity contribution in [2.24, 2.45) is 11.8 Å². The first kappa shape index (κ1) is 8.07. The van der Waals surface area contributed by atoms with Crippen molar-refractivity contribution in [3.05, 3.63) is 0 Å². The van der Waals surface area contributed by atoms with E-state index in [0.717, 1.165) is 12.5 Å². The number of piperidine rings is 1. The van der Waals surface area contributed by atoms with Crippen LogP contribution >= 0.6 is 0 Å². The Morgan fingerprint density at radius 3 is 2.83 bits per heavy atom. The molecule has 2 aliphatic rings. The van der Waals surface area contributed by atoms with Crippen LogP contribution in [0.3, 0.4) is 0 Å². The van der Waals surface area contributed by atoms with E-state index in [-0.39, 0.29) is 6.04 Å². The number of nitriles is 1. The molecule has 1 heterocycles. The van der Waals surface area contributed by atoms with Crippen molar-refractivity contribution in [3.63, 3.8) is 0 Å². The molecule has 3 atom stereocenters. The molecule has 0 spiro atoms. The summed E-state index contributed by atoms with van der Waals surface area (Å²) in [6, 6.07) is 2.55. The van der Waals surface area contributed by atoms with Crippen LogP contribution in [0.4, 0.5) is 0 Å². The summed E-state index contributed by atoms with van der Waals surface area (Å²) in [6.45, 7) is 1.05. The van der Waals surface area contributed by atoms with Crippen molar-refractivity contribution in [2.45, 2.75) is 38.1 Å². The fourth-order valence-corrected chi connectivity index (χ4v) is 2.75. The molecular formula is C10H16N2. The lowest BCUT2D eigenvalue weighted by Crippen LogP contribution is -2.46. The Kier molecular flexibility index (Phi) is 2.32. The normalized spacial score (nSPS) is 41.4. The number of hydrogen-bond acceptors (Lipinski definition) is 2. The summed E-state index contributed by atoms with van der Waals surface area (Å²) in [5.74, 6) is 1.52. The van der Waals surface area contributed by atoms with Crippen LogP contribution in [0.2, 0.25) is 0 Å². The predicted octanol–water partition coefficient (Wildman–Crippen LogP) is 1.68. The van der Waals surface area contributed by atoms with E-state index in [1.54, 1.807) is 0 Å². The van der Waals surface area contributed by atoms with Gasteiger partial charge in [-0.2, -0.15) is 5.26 Å². The van der Waals surface area contributed by atoms with Gasteiger partial charge in [-0.25, -0.2) is 0 Å². The fraction of sp³-hybridized carbons (Fsp3) is 0.900. The van der Waals surface area contributed by atoms with Crippen LogP contribution in [0.15, 0.2) is 0 Å². The number of rotatable bonds is 0. The summed E-state index contributed by atoms with van der Waals surface area (Å²) in [6.07, 6.45) is 6.66. The highest BCUT2D eigenvalue weighted by Gasteiger charge is 2.34. The second kappa shape index (κ2) is 3.45. The topological polar surface area (TPSA) is 35.8 Å². The Hall–Kier alpha value is -0.550. The molecule has 1 aliphatic carbocycles. The third kappa shape index (κ3) is 1.34. The second-order valence-corrected chi connectivity index (χ2v) is 4.06. The van der Waals surface area contributed by atoms with Gasteiger partial charge in [-0.05, 0) is 31.2 Å². The molecule has 2 heteroatoms. The minimum absolute atomic E-state index is 0.157. The van der Waals surface area contributed by atoms with Crippen molar-refractivity contribution in [1.82, 2.24) is 5.32 Å². The fourth-order valence-electron chi connectivity index (χ4n) is 2.75. The summed E-state index contributed by atoms with van der Waals surface area (Å²) < 4.78 is 0. The largest absolute Gasteiger partial charge is 0.302 e. The molecule has 1 saturated heterocycles. The first-order chi connectivity index (χ1) is 5.92. The molecule has 3 unspecified atom stereocenters. The van der Waals surface area contributed by atoms with Gasteiger partial charge in [-0.15, -0.1) is 0 Å². The van der Waals surface area contributed by atoms with Crippen LogP contribution in [0.25, 0.3) is 0 Å². The van der Waals surface area contributed by atoms with Gasteiger partial charge < -0.3 is 5.32 Å². The standard InChI is InChI=1S/C10H16N2/c11-7-10-9-4-2-1-3-8(9)5-6-12-10/h8-10,12H,1-6H2. The Balaban J connectivity index is 2.05. The van der Waals surface area contributed by atoms with Gasteiger partial charge >= 0.3 is 0 Å². The zero-order chi connectivity index (χ0) is 8.39. The molecule has 0 aromatic carbocycles. The number of nitrogens with one attached hydrogen (secondary N) is 1. The van der Waals surface area contributed by atoms with E-state index in [2.05, 4.69) is 11.4 Å². The Morgan fingerprint density at radius 2 is 2.00 bits per heavy atom. The average Bonchev–Trinajstić information content (AvgIpc) is 2.17. The lowest BCUT2D eigenvalue weighted by Gasteiger charge is -2.38. The highest BCUT2D eigenvalue weighted by Crippen LogP contribution is 2.36. The first-order valence-electron chi connectivity index (χ1n) is 5.05. The molecule has 66 valence electrons. The number of hydrogen-bond donors (Lipinski definition) is 1. The van der Waals surface area contributed by atoms with Crippen LogP contribution in [-0.4, -0.2) is 12.6 Å². The van der Waals surface area contributed by atoms with Gasteiger partial charge in [-0.3, -0.25) is 0 Å². The molecule has 0 amide bonds. The molecule has 0 aromatic heterocycles. The van der Waals surface area contributed by atoms with Crippen molar-refractivity contribution in [3.8, 4) is 6.07 Å². The van der Waals surface area contributed by atoms with Crippen LogP contribution < -0.4 is 5.32 Å². The van der Waals surface area contributed by atoms with E-state index >= 15 is 0 Å². The van der Waals surface area contributed by atoms with E-state index in [9.17, 15) is 0 Å². The van der Waals surface area contributed by atoms with Crippen LogP contribution in [0, 0.1) is 23.2 Å². The summed E-state index contributed by atoms with van der Waals surface area (Å²) in [5.41, 5.74) is 0. The number of fused-ring (bicyclic) bond motifs is 1. The smallest absolute Gasteiger partial charge is 0.0984 e. The molecule has 1 aliphatic heterocycles. The average molecular weight is 164 g/mol. The molecule has 12 heavy (non-hydrogen) atoms. The zero-order valence-electron chi connectivity index (χ0n) is 7.42. The van der Waals surface area contributed by atoms with E-state index < -0.39 is 0 Å². The van der Waals surface area contributed by atoms with E-state index in [1.807, 2.05) is 0 Å². The lowest BCUT2D eigenvalue weighted by atomic mass is 9.72. The van der Waals surface area contributed by atoms with E-state index in [0.29, 0.717) is 5.92 Å². The summed E-state index contributed by atoms with van der Waals surface area (Å²) >= 11 is 0. The maximum absolute atomic E-state index is 8.92. The van der Waals surface area contributed by atoms with Gasteiger partial charge in [0.05, 0.1) is 12.1 Å². The molecule has 1 N–H and O–H groups in total. The van der Waals surface area contributed by atoms with Crippen molar-refractivity contribution in [2.75, 3.05) is 6.54 Å². The van der Waals surface area contributed by atoms with Crippen molar-refractivity contribution < 1.29 is 0 Å². The molecule has 1 saturated carbocycles. The SMILES string of the molecule is N#CC1NCCC2CCCCC21. The van der Waals surface area contributed by atoms with Crippen LogP contribution in [-0.2, 0) is 0 Å². The Labute approximate surface area is 74.0 Å². The molecule has 0 radical (unpaired) electrons. The lowest BCUT2D eigenvalue weighted by molar-refractivity contribution is 0.158. The summed E-state index contributed by atoms with van der Waals surface area (Å²) in [4.78, 5) is 0. The third-order valence-corrected chi connectivity index (χ3v) is 3.41. The highest BCUT2D eigenvalue weighted by atomic mass is 14.9. The summed E-state index contributed by atoms with van der Waals surface area (Å²) in [7, 11) is 0. The molecule has 2 fully saturated rings. The van der Waals surface area contributed by atoms with Crippen LogP contribution in [0.5, 0.6) is 0 Å². The minimum Gasteiger partial charge on any atom is -0.302 e. The van der Waals surface area contributed by atoms with Crippen LogP contribution in [0.1, 0.15) is 32.1 Å². The van der Waals surface area contributed by atoms with Gasteiger partial charge in [0.25, 0.3) is 0 Å². The quantitative estimate of drug-likeness (QED) is 0.591.